The molecule has 0 amide bonds. The second-order valence-electron chi connectivity index (χ2n) is 31.4. The standard InChI is InChI=1S/C39H48BrN8O2P.C20H17BrClN4OP.C19H32N4O.C7H8O3S.C4H10O/c1-6-26-22-33(35(50-3)24-34(26)48-16-13-29(14-17-48)47-20-18-46(2)19-21-47)44-39-42-25-31(40)38(45-39)43-32-11-10-28(23-36(32)51(4,5)49)30-9-7-8-27-12-15-41-37(27)30;1-28(2,27)17-10-13(14-5-3-4-12-8-9-23-18(12)14)6-7-16(17)25-19-15(21)11-24-20(22)26-19;1-4-15-13-17(20)19(24-3)14-18(15)23-7-5-16(6-8-23)22-11-9-21(2)10-12-22;1-6-2-4-7(5-3-6)11(8,9)10;1-2-3-4-5/h7-12,15,22-25,29,41H,6,13-14,16-21H2,1-5H3,(H2,42,43,44,45);3-11,23H,1-2H3,(H,24,25,26);13-14,16H,4-12,20H2,1-3H3;2-5H,1H3,(H,8,9,10);5H,2-4H2,1H3. The molecule has 4 saturated heterocycles. The summed E-state index contributed by atoms with van der Waals surface area (Å²) in [6.45, 7) is 29.6. The Hall–Kier alpha value is -8.40. The van der Waals surface area contributed by atoms with Crippen LogP contribution in [0.3, 0.4) is 0 Å². The third kappa shape index (κ3) is 24.1. The van der Waals surface area contributed by atoms with E-state index in [-0.39, 0.29) is 10.2 Å². The van der Waals surface area contributed by atoms with E-state index in [1.807, 2.05) is 67.8 Å². The van der Waals surface area contributed by atoms with Crippen molar-refractivity contribution >= 4 is 152 Å². The summed E-state index contributed by atoms with van der Waals surface area (Å²) in [5.41, 5.74) is 21.4. The smallest absolute Gasteiger partial charge is 0.294 e. The summed E-state index contributed by atoms with van der Waals surface area (Å²) in [6, 6.07) is 44.4. The molecule has 0 unspecified atom stereocenters. The molecule has 636 valence electrons. The van der Waals surface area contributed by atoms with Crippen molar-refractivity contribution < 1.29 is 36.7 Å². The van der Waals surface area contributed by atoms with Crippen LogP contribution in [0.1, 0.15) is 76.0 Å². The lowest BCUT2D eigenvalue weighted by Crippen LogP contribution is -2.52. The SMILES string of the molecule is CCCCO.CCc1cc(N)c(OC)cc1N1CCC(N2CCN(C)CC2)CC1.CCc1cc(Nc2ncc(Br)c(Nc3ccc(-c4cccc5cc[nH]c45)cc3P(C)(C)=O)n2)c(OC)cc1N1CCC(N2CCN(C)CC2)CC1.CP(C)(=O)c1cc(-c2cccc3cc[nH]c23)ccc1Nc1nc(Cl)ncc1Br.Cc1ccc(S(=O)(=O)O)cc1. The van der Waals surface area contributed by atoms with Crippen LogP contribution < -0.4 is 51.6 Å². The van der Waals surface area contributed by atoms with E-state index in [1.165, 1.54) is 99.6 Å². The fraction of sp³-hybridized carbons (Fsp3) is 0.393. The fourth-order valence-corrected chi connectivity index (χ4v) is 19.0. The number of methoxy groups -OCH3 is 2. The molecule has 4 aliphatic rings. The van der Waals surface area contributed by atoms with Gasteiger partial charge >= 0.3 is 0 Å². The minimum atomic E-state index is -4.02. The number of fused-ring (bicyclic) bond motifs is 2. The Morgan fingerprint density at radius 1 is 0.571 bits per heavy atom. The molecule has 0 saturated carbocycles. The highest BCUT2D eigenvalue weighted by Gasteiger charge is 2.31. The topological polar surface area (TPSA) is 292 Å². The zero-order valence-electron chi connectivity index (χ0n) is 70.3. The summed E-state index contributed by atoms with van der Waals surface area (Å²) >= 11 is 13.0. The number of aromatic nitrogens is 6. The molecule has 9 N–H and O–H groups in total. The van der Waals surface area contributed by atoms with E-state index in [9.17, 15) is 17.5 Å². The largest absolute Gasteiger partial charge is 0.495 e. The molecule has 15 rings (SSSR count). The van der Waals surface area contributed by atoms with Crippen molar-refractivity contribution in [2.24, 2.45) is 0 Å². The lowest BCUT2D eigenvalue weighted by atomic mass is 9.99. The number of aliphatic hydroxyl groups excluding tert-OH is 1. The molecule has 0 spiro atoms. The highest BCUT2D eigenvalue weighted by molar-refractivity contribution is 9.11. The van der Waals surface area contributed by atoms with Crippen LogP contribution >= 0.6 is 57.7 Å². The number of anilines is 9. The number of piperazine rings is 2. The molecule has 8 heterocycles. The predicted molar refractivity (Wildman–Crippen MR) is 501 cm³/mol. The highest BCUT2D eigenvalue weighted by Crippen LogP contribution is 2.45. The Bertz CT molecular complexity index is 5450. The van der Waals surface area contributed by atoms with Gasteiger partial charge in [0, 0.05) is 167 Å². The number of aromatic amines is 2. The number of halogens is 3. The van der Waals surface area contributed by atoms with E-state index < -0.39 is 24.4 Å². The number of nitrogens with two attached hydrogens (primary N) is 1. The predicted octanol–water partition coefficient (Wildman–Crippen LogP) is 18.0. The van der Waals surface area contributed by atoms with Crippen LogP contribution in [-0.4, -0.2) is 220 Å². The van der Waals surface area contributed by atoms with Gasteiger partial charge in [0.1, 0.15) is 37.4 Å². The van der Waals surface area contributed by atoms with Crippen LogP contribution in [0.25, 0.3) is 44.1 Å². The summed E-state index contributed by atoms with van der Waals surface area (Å²) < 4.78 is 69.0. The maximum Gasteiger partial charge on any atom is 0.294 e. The molecule has 11 aromatic rings. The third-order valence-corrected chi connectivity index (χ3v) is 27.6. The van der Waals surface area contributed by atoms with Crippen molar-refractivity contribution in [2.45, 2.75) is 96.0 Å². The van der Waals surface area contributed by atoms with Gasteiger partial charge in [-0.3, -0.25) is 14.4 Å². The van der Waals surface area contributed by atoms with Gasteiger partial charge in [0.15, 0.2) is 0 Å². The number of nitrogen functional groups attached to an aromatic ring is 1. The number of ether oxygens (including phenoxy) is 2. The number of nitrogens with one attached hydrogen (secondary N) is 5. The van der Waals surface area contributed by atoms with Gasteiger partial charge in [0.2, 0.25) is 11.2 Å². The lowest BCUT2D eigenvalue weighted by Gasteiger charge is -2.43. The Morgan fingerprint density at radius 3 is 1.45 bits per heavy atom. The number of benzene rings is 7. The van der Waals surface area contributed by atoms with Gasteiger partial charge in [0.05, 0.1) is 61.8 Å². The van der Waals surface area contributed by atoms with Gasteiger partial charge in [-0.1, -0.05) is 93.4 Å². The quantitative estimate of drug-likeness (QED) is 0.0144. The average molecular weight is 1830 g/mol. The van der Waals surface area contributed by atoms with Crippen LogP contribution in [0.5, 0.6) is 11.5 Å². The molecular formula is C89H115Br2ClN16O8P2S. The van der Waals surface area contributed by atoms with Gasteiger partial charge in [-0.25, -0.2) is 9.97 Å². The molecule has 24 nitrogen and oxygen atoms in total. The van der Waals surface area contributed by atoms with E-state index in [0.717, 1.165) is 165 Å². The van der Waals surface area contributed by atoms with Gasteiger partial charge in [-0.15, -0.1) is 0 Å². The molecule has 4 aromatic heterocycles. The summed E-state index contributed by atoms with van der Waals surface area (Å²) in [6.07, 6.45) is 16.0. The Labute approximate surface area is 723 Å². The number of likely N-dealkylation sites (N-methyl/N-ethyl adjacent to an activating group) is 2. The summed E-state index contributed by atoms with van der Waals surface area (Å²) in [7, 11) is -1.44. The fourth-order valence-electron chi connectivity index (χ4n) is 15.5. The number of unbranched alkanes of at least 4 members (excludes halogenated alkanes) is 1. The van der Waals surface area contributed by atoms with Crippen LogP contribution in [-0.2, 0) is 32.1 Å². The van der Waals surface area contributed by atoms with Crippen molar-refractivity contribution in [2.75, 3.05) is 172 Å². The average Bonchev–Trinajstić information content (AvgIpc) is 1.74. The number of nitrogens with zero attached hydrogens (tertiary/aromatic N) is 10. The number of para-hydroxylation sites is 2. The summed E-state index contributed by atoms with van der Waals surface area (Å²) in [5.74, 6) is 3.06. The van der Waals surface area contributed by atoms with Crippen molar-refractivity contribution in [1.82, 2.24) is 49.5 Å². The van der Waals surface area contributed by atoms with Crippen molar-refractivity contribution in [3.8, 4) is 33.8 Å². The first kappa shape index (κ1) is 91.3. The number of hydrogen-bond donors (Lipinski definition) is 8. The van der Waals surface area contributed by atoms with Crippen molar-refractivity contribution in [1.29, 1.82) is 0 Å². The number of H-pyrrole nitrogens is 2. The van der Waals surface area contributed by atoms with Gasteiger partial charge in [-0.2, -0.15) is 18.4 Å². The maximum atomic E-state index is 13.7. The second-order valence-corrected chi connectivity index (χ2v) is 41.2. The molecule has 7 aromatic carbocycles. The van der Waals surface area contributed by atoms with E-state index in [2.05, 4.69) is 198 Å². The zero-order chi connectivity index (χ0) is 85.3. The molecule has 0 radical (unpaired) electrons. The van der Waals surface area contributed by atoms with Gasteiger partial charge in [0.25, 0.3) is 10.1 Å². The molecule has 4 aliphatic heterocycles. The van der Waals surface area contributed by atoms with E-state index in [0.29, 0.717) is 39.2 Å². The molecule has 0 aliphatic carbocycles. The van der Waals surface area contributed by atoms with Crippen LogP contribution in [0.15, 0.2) is 172 Å². The van der Waals surface area contributed by atoms with Crippen LogP contribution in [0, 0.1) is 6.92 Å². The second kappa shape index (κ2) is 41.9. The normalized spacial score (nSPS) is 15.5. The summed E-state index contributed by atoms with van der Waals surface area (Å²) in [5, 5.41) is 22.1. The Morgan fingerprint density at radius 2 is 1.03 bits per heavy atom. The third-order valence-electron chi connectivity index (χ3n) is 22.3. The van der Waals surface area contributed by atoms with E-state index in [4.69, 9.17) is 41.5 Å². The molecular weight excluding hydrogens is 1710 g/mol. The maximum absolute atomic E-state index is 13.7. The number of piperidine rings is 2. The highest BCUT2D eigenvalue weighted by atomic mass is 79.9. The minimum absolute atomic E-state index is 0.0666. The monoisotopic (exact) mass is 1820 g/mol. The molecule has 0 atom stereocenters. The Kier molecular flexibility index (Phi) is 32.2. The first-order valence-corrected chi connectivity index (χ1v) is 49.3. The number of aryl methyl sites for hydroxylation is 3. The molecule has 0 bridgehead atoms. The Balaban J connectivity index is 0.000000171. The first-order valence-electron chi connectivity index (χ1n) is 40.7. The van der Waals surface area contributed by atoms with Crippen molar-refractivity contribution in [3.05, 3.63) is 189 Å². The lowest BCUT2D eigenvalue weighted by molar-refractivity contribution is 0.0982. The molecule has 4 fully saturated rings. The van der Waals surface area contributed by atoms with Crippen LogP contribution in [0.2, 0.25) is 5.28 Å². The number of rotatable bonds is 21. The number of hydrogen-bond acceptors (Lipinski definition) is 21. The molecule has 119 heavy (non-hydrogen) atoms. The van der Waals surface area contributed by atoms with E-state index >= 15 is 0 Å². The zero-order valence-corrected chi connectivity index (χ0v) is 76.9. The van der Waals surface area contributed by atoms with Crippen LogP contribution in [0.4, 0.5) is 51.7 Å². The first-order chi connectivity index (χ1) is 57.0. The minimum Gasteiger partial charge on any atom is -0.495 e. The molecule has 30 heteroatoms. The van der Waals surface area contributed by atoms with Crippen molar-refractivity contribution in [3.63, 3.8) is 0 Å². The van der Waals surface area contributed by atoms with E-state index in [1.54, 1.807) is 65.4 Å². The van der Waals surface area contributed by atoms with Gasteiger partial charge < -0.3 is 75.0 Å². The number of aliphatic hydroxyl groups is 1. The van der Waals surface area contributed by atoms with Gasteiger partial charge in [-0.05, 0) is 230 Å². The summed E-state index contributed by atoms with van der Waals surface area (Å²) in [4.78, 5) is 39.5.